The fraction of sp³-hybridized carbons (Fsp3) is 0.767. The van der Waals surface area contributed by atoms with Gasteiger partial charge in [0.15, 0.2) is 0 Å². The van der Waals surface area contributed by atoms with Crippen molar-refractivity contribution >= 4 is 5.97 Å². The quantitative estimate of drug-likeness (QED) is 0.347. The lowest BCUT2D eigenvalue weighted by molar-refractivity contribution is -0.145. The molecule has 4 aliphatic carbocycles. The van der Waals surface area contributed by atoms with Gasteiger partial charge < -0.3 is 14.9 Å². The molecule has 0 aromatic rings. The van der Waals surface area contributed by atoms with Crippen LogP contribution in [0.15, 0.2) is 36.0 Å². The van der Waals surface area contributed by atoms with Crippen molar-refractivity contribution < 1.29 is 19.7 Å². The van der Waals surface area contributed by atoms with Gasteiger partial charge in [-0.25, -0.2) is 0 Å². The topological polar surface area (TPSA) is 66.8 Å². The van der Waals surface area contributed by atoms with E-state index in [1.807, 2.05) is 13.8 Å². The van der Waals surface area contributed by atoms with Gasteiger partial charge in [-0.15, -0.1) is 0 Å². The zero-order chi connectivity index (χ0) is 25.1. The van der Waals surface area contributed by atoms with E-state index in [0.717, 1.165) is 24.8 Å². The minimum absolute atomic E-state index is 0.133. The third-order valence-electron chi connectivity index (χ3n) is 10.4. The highest BCUT2D eigenvalue weighted by molar-refractivity contribution is 5.67. The third-order valence-corrected chi connectivity index (χ3v) is 10.4. The number of fused-ring (bicyclic) bond motifs is 2. The van der Waals surface area contributed by atoms with E-state index in [1.165, 1.54) is 32.6 Å². The van der Waals surface area contributed by atoms with Gasteiger partial charge >= 0.3 is 5.97 Å². The maximum Gasteiger partial charge on any atom is 0.303 e. The molecule has 8 atom stereocenters. The van der Waals surface area contributed by atoms with E-state index in [0.29, 0.717) is 29.6 Å². The largest absolute Gasteiger partial charge is 0.458 e. The summed E-state index contributed by atoms with van der Waals surface area (Å²) < 4.78 is 5.45. The fourth-order valence-corrected chi connectivity index (χ4v) is 7.78. The summed E-state index contributed by atoms with van der Waals surface area (Å²) in [4.78, 5) is 11.5. The number of esters is 1. The summed E-state index contributed by atoms with van der Waals surface area (Å²) >= 11 is 0. The average Bonchev–Trinajstić information content (AvgIpc) is 3.06. The molecule has 34 heavy (non-hydrogen) atoms. The van der Waals surface area contributed by atoms with E-state index in [2.05, 4.69) is 45.6 Å². The van der Waals surface area contributed by atoms with Crippen molar-refractivity contribution in [1.82, 2.24) is 0 Å². The molecule has 1 unspecified atom stereocenters. The van der Waals surface area contributed by atoms with Gasteiger partial charge in [0.2, 0.25) is 0 Å². The second-order valence-corrected chi connectivity index (χ2v) is 12.9. The molecule has 4 rings (SSSR count). The number of carbonyl (C=O) groups is 1. The molecule has 4 aliphatic rings. The van der Waals surface area contributed by atoms with Crippen LogP contribution in [0.3, 0.4) is 0 Å². The van der Waals surface area contributed by atoms with Crippen molar-refractivity contribution in [1.29, 1.82) is 0 Å². The first-order chi connectivity index (χ1) is 15.7. The first-order valence-electron chi connectivity index (χ1n) is 13.4. The van der Waals surface area contributed by atoms with E-state index < -0.39 is 11.2 Å². The van der Waals surface area contributed by atoms with Crippen molar-refractivity contribution in [2.24, 2.45) is 34.5 Å². The predicted molar refractivity (Wildman–Crippen MR) is 136 cm³/mol. The van der Waals surface area contributed by atoms with Gasteiger partial charge in [0.25, 0.3) is 0 Å². The van der Waals surface area contributed by atoms with Gasteiger partial charge in [-0.05, 0) is 87.5 Å². The zero-order valence-electron chi connectivity index (χ0n) is 22.2. The normalized spacial score (nSPS) is 42.5. The smallest absolute Gasteiger partial charge is 0.303 e. The molecule has 0 heterocycles. The molecular formula is C30H46O4. The molecule has 2 N–H and O–H groups in total. The summed E-state index contributed by atoms with van der Waals surface area (Å²) in [7, 11) is 0. The van der Waals surface area contributed by atoms with E-state index in [9.17, 15) is 15.0 Å². The number of hydrogen-bond acceptors (Lipinski definition) is 4. The summed E-state index contributed by atoms with van der Waals surface area (Å²) in [5.41, 5.74) is 1.02. The van der Waals surface area contributed by atoms with Crippen molar-refractivity contribution in [3.8, 4) is 0 Å². The Balaban J connectivity index is 1.47. The standard InChI is InChI=1S/C30H46O4/c1-19(10-11-20(2)27(5,6)32)24-12-13-25-23(9-8-15-28(24,25)7)14-16-29-18-30(29,33)17-26(21(29)3)34-22(4)31/h10-11,14,19-20,24-26,32-33H,3,8-9,12-13,15-18H2,1-2,4-7H3/b11-10+,23-14+/t19-,20+,24-,25+,26+,28-,29?,30-/m1/s1. The van der Waals surface area contributed by atoms with Crippen LogP contribution in [0.1, 0.15) is 92.9 Å². The lowest BCUT2D eigenvalue weighted by atomic mass is 9.61. The Bertz CT molecular complexity index is 894. The van der Waals surface area contributed by atoms with Crippen LogP contribution in [0.4, 0.5) is 0 Å². The maximum atomic E-state index is 11.5. The highest BCUT2D eigenvalue weighted by Crippen LogP contribution is 2.71. The molecule has 0 aliphatic heterocycles. The second kappa shape index (κ2) is 8.62. The lowest BCUT2D eigenvalue weighted by Gasteiger charge is -2.44. The van der Waals surface area contributed by atoms with Crippen molar-refractivity contribution in [2.45, 2.75) is 110 Å². The molecule has 0 bridgehead atoms. The van der Waals surface area contributed by atoms with E-state index in [-0.39, 0.29) is 23.4 Å². The Morgan fingerprint density at radius 2 is 2.00 bits per heavy atom. The Morgan fingerprint density at radius 1 is 1.29 bits per heavy atom. The van der Waals surface area contributed by atoms with E-state index in [1.54, 1.807) is 5.57 Å². The van der Waals surface area contributed by atoms with Crippen LogP contribution in [-0.4, -0.2) is 33.5 Å². The Labute approximate surface area is 206 Å². The van der Waals surface area contributed by atoms with Gasteiger partial charge in [-0.3, -0.25) is 4.79 Å². The molecule has 0 amide bonds. The summed E-state index contributed by atoms with van der Waals surface area (Å²) in [6.07, 6.45) is 14.8. The number of ether oxygens (including phenoxy) is 1. The molecule has 0 spiro atoms. The highest BCUT2D eigenvalue weighted by Gasteiger charge is 2.74. The maximum absolute atomic E-state index is 11.5. The number of aliphatic hydroxyl groups is 2. The first-order valence-corrected chi connectivity index (χ1v) is 13.4. The van der Waals surface area contributed by atoms with Crippen LogP contribution in [0.5, 0.6) is 0 Å². The first kappa shape index (κ1) is 25.7. The predicted octanol–water partition coefficient (Wildman–Crippen LogP) is 6.13. The average molecular weight is 471 g/mol. The number of hydrogen-bond donors (Lipinski definition) is 2. The van der Waals surface area contributed by atoms with Gasteiger partial charge in [0.05, 0.1) is 11.2 Å². The molecule has 4 fully saturated rings. The summed E-state index contributed by atoms with van der Waals surface area (Å²) in [6, 6.07) is 0. The lowest BCUT2D eigenvalue weighted by Crippen LogP contribution is -2.35. The van der Waals surface area contributed by atoms with Crippen molar-refractivity contribution in [2.75, 3.05) is 0 Å². The van der Waals surface area contributed by atoms with Crippen LogP contribution in [0, 0.1) is 34.5 Å². The van der Waals surface area contributed by atoms with Gasteiger partial charge in [-0.2, -0.15) is 0 Å². The molecule has 0 radical (unpaired) electrons. The van der Waals surface area contributed by atoms with E-state index >= 15 is 0 Å². The number of rotatable bonds is 7. The Hall–Kier alpha value is -1.39. The molecule has 4 saturated carbocycles. The van der Waals surface area contributed by atoms with Crippen molar-refractivity contribution in [3.63, 3.8) is 0 Å². The summed E-state index contributed by atoms with van der Waals surface area (Å²) in [6.45, 7) is 16.4. The Kier molecular flexibility index (Phi) is 6.52. The number of carbonyl (C=O) groups excluding carboxylic acids is 1. The minimum atomic E-state index is -0.756. The van der Waals surface area contributed by atoms with Crippen molar-refractivity contribution in [3.05, 3.63) is 36.0 Å². The van der Waals surface area contributed by atoms with Gasteiger partial charge in [-0.1, -0.05) is 51.2 Å². The van der Waals surface area contributed by atoms with Gasteiger partial charge in [0.1, 0.15) is 6.10 Å². The second-order valence-electron chi connectivity index (χ2n) is 12.9. The van der Waals surface area contributed by atoms with Gasteiger partial charge in [0, 0.05) is 24.7 Å². The van der Waals surface area contributed by atoms with Crippen LogP contribution in [-0.2, 0) is 9.53 Å². The van der Waals surface area contributed by atoms with Crippen LogP contribution in [0.25, 0.3) is 0 Å². The monoisotopic (exact) mass is 470 g/mol. The number of allylic oxidation sites excluding steroid dienone is 3. The van der Waals surface area contributed by atoms with E-state index in [4.69, 9.17) is 4.74 Å². The molecule has 0 aromatic carbocycles. The Morgan fingerprint density at radius 3 is 2.65 bits per heavy atom. The summed E-state index contributed by atoms with van der Waals surface area (Å²) in [5, 5.41) is 21.4. The molecular weight excluding hydrogens is 424 g/mol. The van der Waals surface area contributed by atoms with Crippen LogP contribution >= 0.6 is 0 Å². The van der Waals surface area contributed by atoms with Crippen LogP contribution in [0.2, 0.25) is 0 Å². The SMILES string of the molecule is C=C1[C@@H](OC(C)=O)C[C@@]2(O)CC12C/C=C1\CCC[C@]2(C)[C@@H]([C@H](C)/C=C/[C@H](C)C(C)(C)O)CC[C@@H]12. The molecule has 0 aromatic heterocycles. The molecule has 4 nitrogen and oxygen atoms in total. The third kappa shape index (κ3) is 4.23. The molecule has 0 saturated heterocycles. The minimum Gasteiger partial charge on any atom is -0.458 e. The highest BCUT2D eigenvalue weighted by atomic mass is 16.5. The summed E-state index contributed by atoms with van der Waals surface area (Å²) in [5.74, 6) is 1.58. The molecule has 190 valence electrons. The van der Waals surface area contributed by atoms with Crippen LogP contribution < -0.4 is 0 Å². The fourth-order valence-electron chi connectivity index (χ4n) is 7.78. The zero-order valence-corrected chi connectivity index (χ0v) is 22.2. The molecule has 4 heteroatoms.